The number of allylic oxidation sites excluding steroid dienone is 1. The highest BCUT2D eigenvalue weighted by molar-refractivity contribution is 7.90. The van der Waals surface area contributed by atoms with E-state index in [0.717, 1.165) is 101 Å². The summed E-state index contributed by atoms with van der Waals surface area (Å²) in [6, 6.07) is 11.6. The Labute approximate surface area is 315 Å². The van der Waals surface area contributed by atoms with Crippen LogP contribution in [0.15, 0.2) is 48.6 Å². The van der Waals surface area contributed by atoms with Gasteiger partial charge in [0.25, 0.3) is 5.91 Å². The number of carbonyl (C=O) groups is 1. The third-order valence-corrected chi connectivity index (χ3v) is 14.3. The zero-order valence-corrected chi connectivity index (χ0v) is 32.4. The predicted octanol–water partition coefficient (Wildman–Crippen LogP) is 7.02. The van der Waals surface area contributed by atoms with Crippen LogP contribution in [0.2, 0.25) is 5.02 Å². The van der Waals surface area contributed by atoms with Crippen LogP contribution in [-0.4, -0.2) is 82.6 Å². The molecule has 0 spiro atoms. The van der Waals surface area contributed by atoms with E-state index >= 15 is 0 Å². The van der Waals surface area contributed by atoms with Crippen molar-refractivity contribution in [1.82, 2.24) is 9.62 Å². The molecule has 3 heterocycles. The second-order valence-electron chi connectivity index (χ2n) is 15.9. The summed E-state index contributed by atoms with van der Waals surface area (Å²) >= 11 is 6.40. The maximum absolute atomic E-state index is 14.0. The van der Waals surface area contributed by atoms with Gasteiger partial charge in [0.1, 0.15) is 12.4 Å². The van der Waals surface area contributed by atoms with Crippen LogP contribution in [0, 0.1) is 23.7 Å². The molecule has 2 bridgehead atoms. The number of ether oxygens (including phenoxy) is 3. The SMILES string of the molecule is C[C@H](CO[C@H]1/C=C/C[C@H](C)[C@@H](CC2CC2)S(=O)(=O)NC(=O)c2ccc3c(c2)N(CCCCc2cc(Cl)ccc2CO3)C[C@@H]2CC[C@H]21)N1CCOCC1. The number of fused-ring (bicyclic) bond motifs is 3. The highest BCUT2D eigenvalue weighted by Crippen LogP contribution is 2.42. The average molecular weight is 754 g/mol. The number of halogens is 1. The molecular formula is C41H56ClN3O6S. The molecule has 0 aromatic heterocycles. The van der Waals surface area contributed by atoms with Gasteiger partial charge < -0.3 is 19.1 Å². The number of hydrogen-bond donors (Lipinski definition) is 1. The molecule has 2 aliphatic carbocycles. The zero-order valence-electron chi connectivity index (χ0n) is 30.8. The van der Waals surface area contributed by atoms with Crippen molar-refractivity contribution in [3.8, 4) is 5.75 Å². The molecule has 11 heteroatoms. The molecule has 1 N–H and O–H groups in total. The van der Waals surface area contributed by atoms with E-state index in [1.165, 1.54) is 5.56 Å². The Morgan fingerprint density at radius 3 is 2.62 bits per heavy atom. The first kappa shape index (κ1) is 37.7. The van der Waals surface area contributed by atoms with E-state index < -0.39 is 21.2 Å². The lowest BCUT2D eigenvalue weighted by molar-refractivity contribution is -0.0498. The lowest BCUT2D eigenvalue weighted by Gasteiger charge is -2.44. The van der Waals surface area contributed by atoms with Gasteiger partial charge in [0.05, 0.1) is 36.9 Å². The monoisotopic (exact) mass is 753 g/mol. The van der Waals surface area contributed by atoms with Crippen LogP contribution in [0.25, 0.3) is 0 Å². The minimum Gasteiger partial charge on any atom is -0.487 e. The van der Waals surface area contributed by atoms with Gasteiger partial charge in [-0.05, 0) is 117 Å². The van der Waals surface area contributed by atoms with Crippen molar-refractivity contribution in [2.75, 3.05) is 50.9 Å². The molecule has 9 nitrogen and oxygen atoms in total. The molecule has 2 aromatic rings. The van der Waals surface area contributed by atoms with E-state index in [4.69, 9.17) is 25.8 Å². The van der Waals surface area contributed by atoms with E-state index in [1.54, 1.807) is 6.07 Å². The number of rotatable bonds is 6. The third kappa shape index (κ3) is 9.17. The van der Waals surface area contributed by atoms with Gasteiger partial charge >= 0.3 is 0 Å². The van der Waals surface area contributed by atoms with Gasteiger partial charge in [0.2, 0.25) is 10.0 Å². The van der Waals surface area contributed by atoms with Gasteiger partial charge in [-0.3, -0.25) is 9.69 Å². The Morgan fingerprint density at radius 2 is 1.85 bits per heavy atom. The summed E-state index contributed by atoms with van der Waals surface area (Å²) in [5, 5.41) is 0.0626. The van der Waals surface area contributed by atoms with Crippen molar-refractivity contribution in [3.63, 3.8) is 0 Å². The number of anilines is 1. The molecule has 7 rings (SSSR count). The summed E-state index contributed by atoms with van der Waals surface area (Å²) in [5.41, 5.74) is 3.45. The van der Waals surface area contributed by atoms with E-state index in [9.17, 15) is 13.2 Å². The van der Waals surface area contributed by atoms with E-state index in [0.29, 0.717) is 55.1 Å². The van der Waals surface area contributed by atoms with Gasteiger partial charge in [-0.25, -0.2) is 13.1 Å². The Kier molecular flexibility index (Phi) is 12.2. The van der Waals surface area contributed by atoms with E-state index in [2.05, 4.69) is 33.6 Å². The van der Waals surface area contributed by atoms with Gasteiger partial charge in [-0.15, -0.1) is 0 Å². The molecule has 3 fully saturated rings. The number of amides is 1. The highest BCUT2D eigenvalue weighted by atomic mass is 35.5. The highest BCUT2D eigenvalue weighted by Gasteiger charge is 2.40. The lowest BCUT2D eigenvalue weighted by Crippen LogP contribution is -2.47. The first-order valence-electron chi connectivity index (χ1n) is 19.6. The van der Waals surface area contributed by atoms with Crippen LogP contribution >= 0.6 is 11.6 Å². The maximum Gasteiger partial charge on any atom is 0.264 e. The van der Waals surface area contributed by atoms with Crippen LogP contribution in [0.1, 0.15) is 86.7 Å². The van der Waals surface area contributed by atoms with Crippen molar-refractivity contribution < 1.29 is 27.4 Å². The van der Waals surface area contributed by atoms with Crippen molar-refractivity contribution >= 4 is 33.2 Å². The van der Waals surface area contributed by atoms with E-state index in [-0.39, 0.29) is 18.1 Å². The molecule has 3 aliphatic heterocycles. The normalized spacial score (nSPS) is 29.9. The summed E-state index contributed by atoms with van der Waals surface area (Å²) in [7, 11) is -3.94. The van der Waals surface area contributed by atoms with Crippen LogP contribution in [0.5, 0.6) is 5.75 Å². The molecule has 2 saturated carbocycles. The molecule has 1 saturated heterocycles. The predicted molar refractivity (Wildman–Crippen MR) is 206 cm³/mol. The second-order valence-corrected chi connectivity index (χ2v) is 18.3. The number of morpholine rings is 1. The molecule has 5 aliphatic rings. The van der Waals surface area contributed by atoms with Gasteiger partial charge in [-0.2, -0.15) is 0 Å². The van der Waals surface area contributed by atoms with Crippen LogP contribution in [0.3, 0.4) is 0 Å². The Balaban J connectivity index is 1.22. The van der Waals surface area contributed by atoms with Crippen LogP contribution < -0.4 is 14.4 Å². The van der Waals surface area contributed by atoms with Crippen LogP contribution in [-0.2, 0) is 32.5 Å². The topological polar surface area (TPSA) is 97.4 Å². The summed E-state index contributed by atoms with van der Waals surface area (Å²) < 4.78 is 49.5. The molecule has 0 radical (unpaired) electrons. The Morgan fingerprint density at radius 1 is 1.02 bits per heavy atom. The fraction of sp³-hybridized carbons (Fsp3) is 0.634. The number of aryl methyl sites for hydroxylation is 1. The summed E-state index contributed by atoms with van der Waals surface area (Å²) in [5.74, 6) is 1.07. The molecule has 6 atom stereocenters. The molecule has 284 valence electrons. The number of nitrogens with zero attached hydrogens (tertiary/aromatic N) is 2. The molecular weight excluding hydrogens is 698 g/mol. The van der Waals surface area contributed by atoms with Gasteiger partial charge in [0, 0.05) is 42.8 Å². The standard InChI is InChI=1S/C41H56ClN3O6S/c1-28-6-5-8-38(50-26-29(2)44-18-20-49-21-19-44)36-15-12-33(36)25-45-17-4-3-7-31-23-35(42)14-11-34(31)27-51-39-16-13-32(24-37(39)45)41(46)43-52(47,48)40(28)22-30-9-10-30/h5,8,11,13-14,16,23-24,28-30,33,36,38,40H,3-4,6-7,9-10,12,15,17-22,25-27H2,1-2H3,(H,43,46)/b8-5+/t28-,29+,33-,36+,38-,40+/m0/s1. The van der Waals surface area contributed by atoms with Crippen molar-refractivity contribution in [2.45, 2.75) is 95.6 Å². The number of nitrogens with one attached hydrogen (secondary N) is 1. The first-order chi connectivity index (χ1) is 25.1. The molecule has 0 unspecified atom stereocenters. The average Bonchev–Trinajstić information content (AvgIpc) is 3.95. The maximum atomic E-state index is 14.0. The van der Waals surface area contributed by atoms with Crippen molar-refractivity contribution in [3.05, 3.63) is 70.3 Å². The van der Waals surface area contributed by atoms with Crippen molar-refractivity contribution in [2.24, 2.45) is 23.7 Å². The zero-order chi connectivity index (χ0) is 36.2. The minimum absolute atomic E-state index is 0.0641. The second kappa shape index (κ2) is 16.8. The first-order valence-corrected chi connectivity index (χ1v) is 21.5. The summed E-state index contributed by atoms with van der Waals surface area (Å²) in [6.07, 6.45) is 12.6. The van der Waals surface area contributed by atoms with Crippen molar-refractivity contribution in [1.29, 1.82) is 0 Å². The minimum atomic E-state index is -3.94. The number of sulfonamides is 1. The largest absolute Gasteiger partial charge is 0.487 e. The fourth-order valence-electron chi connectivity index (χ4n) is 8.50. The molecule has 1 amide bonds. The Bertz CT molecular complexity index is 1690. The molecule has 2 aromatic carbocycles. The number of benzene rings is 2. The molecule has 52 heavy (non-hydrogen) atoms. The third-order valence-electron chi connectivity index (χ3n) is 12.2. The smallest absolute Gasteiger partial charge is 0.264 e. The number of hydrogen-bond acceptors (Lipinski definition) is 8. The van der Waals surface area contributed by atoms with Gasteiger partial charge in [0.15, 0.2) is 0 Å². The Hall–Kier alpha value is -2.63. The fourth-order valence-corrected chi connectivity index (χ4v) is 10.5. The number of carbonyl (C=O) groups excluding carboxylic acids is 1. The summed E-state index contributed by atoms with van der Waals surface area (Å²) in [6.45, 7) is 10.2. The van der Waals surface area contributed by atoms with Crippen LogP contribution in [0.4, 0.5) is 5.69 Å². The summed E-state index contributed by atoms with van der Waals surface area (Å²) in [4.78, 5) is 18.6. The van der Waals surface area contributed by atoms with E-state index in [1.807, 2.05) is 37.3 Å². The lowest BCUT2D eigenvalue weighted by atomic mass is 9.70. The van der Waals surface area contributed by atoms with Gasteiger partial charge in [-0.1, -0.05) is 49.6 Å². The quantitative estimate of drug-likeness (QED) is 0.315.